The number of nitrogens with two attached hydrogens (primary N) is 1. The molecule has 0 saturated carbocycles. The number of nitrogens with one attached hydrogen (secondary N) is 2. The van der Waals surface area contributed by atoms with E-state index >= 15 is 0 Å². The molecule has 1 aliphatic heterocycles. The van der Waals surface area contributed by atoms with E-state index in [2.05, 4.69) is 10.6 Å². The maximum atomic E-state index is 11.9. The molecule has 1 aromatic carbocycles. The summed E-state index contributed by atoms with van der Waals surface area (Å²) in [5.74, 6) is -0.171. The minimum Gasteiger partial charge on any atom is -0.354 e. The zero-order chi connectivity index (χ0) is 13.0. The standard InChI is InChI=1S/C13H17N3O2/c14-12(9-4-2-1-3-5-9)13(18)16-10-6-7-11(17)15-8-10/h1-5,10,12H,6-8,14H2,(H,15,17)(H,16,18)/t10?,12-/m1/s1. The monoisotopic (exact) mass is 247 g/mol. The van der Waals surface area contributed by atoms with Gasteiger partial charge in [0, 0.05) is 19.0 Å². The topological polar surface area (TPSA) is 84.2 Å². The number of hydrogen-bond donors (Lipinski definition) is 3. The highest BCUT2D eigenvalue weighted by Gasteiger charge is 2.22. The number of carbonyl (C=O) groups excluding carboxylic acids is 2. The van der Waals surface area contributed by atoms with E-state index in [0.717, 1.165) is 5.56 Å². The molecule has 0 aromatic heterocycles. The van der Waals surface area contributed by atoms with E-state index in [9.17, 15) is 9.59 Å². The molecule has 1 unspecified atom stereocenters. The first kappa shape index (κ1) is 12.6. The van der Waals surface area contributed by atoms with Gasteiger partial charge in [-0.3, -0.25) is 9.59 Å². The van der Waals surface area contributed by atoms with Crippen molar-refractivity contribution in [2.45, 2.75) is 24.9 Å². The summed E-state index contributed by atoms with van der Waals surface area (Å²) in [4.78, 5) is 22.9. The molecule has 2 amide bonds. The lowest BCUT2D eigenvalue weighted by atomic mass is 10.0. The Labute approximate surface area is 106 Å². The average Bonchev–Trinajstić information content (AvgIpc) is 2.41. The third kappa shape index (κ3) is 3.07. The number of rotatable bonds is 3. The summed E-state index contributed by atoms with van der Waals surface area (Å²) in [5, 5.41) is 5.58. The van der Waals surface area contributed by atoms with Crippen LogP contribution in [0, 0.1) is 0 Å². The van der Waals surface area contributed by atoms with Crippen LogP contribution < -0.4 is 16.4 Å². The van der Waals surface area contributed by atoms with Crippen molar-refractivity contribution in [3.05, 3.63) is 35.9 Å². The fourth-order valence-electron chi connectivity index (χ4n) is 1.96. The minimum absolute atomic E-state index is 0.0232. The Hall–Kier alpha value is -1.88. The van der Waals surface area contributed by atoms with Crippen LogP contribution in [0.5, 0.6) is 0 Å². The van der Waals surface area contributed by atoms with Crippen molar-refractivity contribution in [3.8, 4) is 0 Å². The molecule has 1 aliphatic rings. The second-order valence-electron chi connectivity index (χ2n) is 4.44. The van der Waals surface area contributed by atoms with Crippen LogP contribution in [0.2, 0.25) is 0 Å². The van der Waals surface area contributed by atoms with Crippen molar-refractivity contribution < 1.29 is 9.59 Å². The van der Waals surface area contributed by atoms with Crippen molar-refractivity contribution in [1.29, 1.82) is 0 Å². The molecule has 1 heterocycles. The summed E-state index contributed by atoms with van der Waals surface area (Å²) in [7, 11) is 0. The number of benzene rings is 1. The second-order valence-corrected chi connectivity index (χ2v) is 4.44. The van der Waals surface area contributed by atoms with Gasteiger partial charge in [-0.1, -0.05) is 30.3 Å². The molecule has 96 valence electrons. The molecule has 5 heteroatoms. The van der Waals surface area contributed by atoms with Gasteiger partial charge in [0.1, 0.15) is 6.04 Å². The van der Waals surface area contributed by atoms with Gasteiger partial charge in [-0.05, 0) is 12.0 Å². The van der Waals surface area contributed by atoms with Crippen LogP contribution in [0.1, 0.15) is 24.4 Å². The van der Waals surface area contributed by atoms with E-state index in [1.807, 2.05) is 30.3 Å². The Morgan fingerprint density at radius 2 is 2.11 bits per heavy atom. The highest BCUT2D eigenvalue weighted by atomic mass is 16.2. The van der Waals surface area contributed by atoms with Gasteiger partial charge in [-0.25, -0.2) is 0 Å². The van der Waals surface area contributed by atoms with Crippen LogP contribution >= 0.6 is 0 Å². The molecule has 0 spiro atoms. The molecule has 0 radical (unpaired) electrons. The van der Waals surface area contributed by atoms with E-state index in [1.165, 1.54) is 0 Å². The lowest BCUT2D eigenvalue weighted by Gasteiger charge is -2.25. The SMILES string of the molecule is N[C@@H](C(=O)NC1CCC(=O)NC1)c1ccccc1. The number of amides is 2. The molecule has 1 aromatic rings. The zero-order valence-corrected chi connectivity index (χ0v) is 10.1. The predicted octanol–water partition coefficient (Wildman–Crippen LogP) is 0.0812. The fourth-order valence-corrected chi connectivity index (χ4v) is 1.96. The summed E-state index contributed by atoms with van der Waals surface area (Å²) in [6.45, 7) is 0.478. The van der Waals surface area contributed by atoms with Gasteiger partial charge >= 0.3 is 0 Å². The van der Waals surface area contributed by atoms with Gasteiger partial charge in [0.05, 0.1) is 0 Å². The Morgan fingerprint density at radius 1 is 1.39 bits per heavy atom. The van der Waals surface area contributed by atoms with Crippen LogP contribution in [0.3, 0.4) is 0 Å². The zero-order valence-electron chi connectivity index (χ0n) is 10.1. The Morgan fingerprint density at radius 3 is 2.72 bits per heavy atom. The third-order valence-electron chi connectivity index (χ3n) is 3.05. The van der Waals surface area contributed by atoms with Gasteiger partial charge in [0.25, 0.3) is 0 Å². The minimum atomic E-state index is -0.663. The lowest BCUT2D eigenvalue weighted by molar-refractivity contribution is -0.126. The Kier molecular flexibility index (Phi) is 3.94. The first-order chi connectivity index (χ1) is 8.66. The largest absolute Gasteiger partial charge is 0.354 e. The van der Waals surface area contributed by atoms with Gasteiger partial charge in [-0.15, -0.1) is 0 Å². The molecule has 0 aliphatic carbocycles. The van der Waals surface area contributed by atoms with Gasteiger partial charge in [0.2, 0.25) is 11.8 Å². The van der Waals surface area contributed by atoms with E-state index in [-0.39, 0.29) is 17.9 Å². The van der Waals surface area contributed by atoms with Crippen molar-refractivity contribution in [2.24, 2.45) is 5.73 Å². The first-order valence-electron chi connectivity index (χ1n) is 6.04. The van der Waals surface area contributed by atoms with Crippen molar-refractivity contribution in [1.82, 2.24) is 10.6 Å². The molecule has 2 rings (SSSR count). The van der Waals surface area contributed by atoms with Crippen LogP contribution in [0.4, 0.5) is 0 Å². The van der Waals surface area contributed by atoms with E-state index in [1.54, 1.807) is 0 Å². The van der Waals surface area contributed by atoms with Crippen LogP contribution in [-0.4, -0.2) is 24.4 Å². The van der Waals surface area contributed by atoms with Gasteiger partial charge in [-0.2, -0.15) is 0 Å². The number of hydrogen-bond acceptors (Lipinski definition) is 3. The second kappa shape index (κ2) is 5.64. The summed E-state index contributed by atoms with van der Waals surface area (Å²) < 4.78 is 0. The summed E-state index contributed by atoms with van der Waals surface area (Å²) in [5.41, 5.74) is 6.67. The molecule has 18 heavy (non-hydrogen) atoms. The first-order valence-corrected chi connectivity index (χ1v) is 6.04. The Bertz CT molecular complexity index is 423. The molecule has 1 saturated heterocycles. The van der Waals surface area contributed by atoms with Crippen molar-refractivity contribution >= 4 is 11.8 Å². The molecule has 5 nitrogen and oxygen atoms in total. The van der Waals surface area contributed by atoms with Crippen LogP contribution in [-0.2, 0) is 9.59 Å². The highest BCUT2D eigenvalue weighted by Crippen LogP contribution is 2.11. The maximum Gasteiger partial charge on any atom is 0.241 e. The molecule has 4 N–H and O–H groups in total. The quantitative estimate of drug-likeness (QED) is 0.707. The van der Waals surface area contributed by atoms with E-state index < -0.39 is 6.04 Å². The molecule has 2 atom stereocenters. The lowest BCUT2D eigenvalue weighted by Crippen LogP contribution is -2.49. The summed E-state index contributed by atoms with van der Waals surface area (Å²) in [6, 6.07) is 8.55. The van der Waals surface area contributed by atoms with Gasteiger partial charge in [0.15, 0.2) is 0 Å². The highest BCUT2D eigenvalue weighted by molar-refractivity contribution is 5.83. The smallest absolute Gasteiger partial charge is 0.241 e. The number of piperidine rings is 1. The number of carbonyl (C=O) groups is 2. The van der Waals surface area contributed by atoms with Crippen molar-refractivity contribution in [3.63, 3.8) is 0 Å². The summed E-state index contributed by atoms with van der Waals surface area (Å²) >= 11 is 0. The predicted molar refractivity (Wildman–Crippen MR) is 67.5 cm³/mol. The fraction of sp³-hybridized carbons (Fsp3) is 0.385. The molecular formula is C13H17N3O2. The van der Waals surface area contributed by atoms with E-state index in [4.69, 9.17) is 5.73 Å². The van der Waals surface area contributed by atoms with Crippen molar-refractivity contribution in [2.75, 3.05) is 6.54 Å². The normalized spacial score (nSPS) is 20.9. The maximum absolute atomic E-state index is 11.9. The Balaban J connectivity index is 1.90. The van der Waals surface area contributed by atoms with E-state index in [0.29, 0.717) is 19.4 Å². The molecule has 0 bridgehead atoms. The summed E-state index contributed by atoms with van der Waals surface area (Å²) in [6.07, 6.45) is 1.12. The average molecular weight is 247 g/mol. The van der Waals surface area contributed by atoms with Gasteiger partial charge < -0.3 is 16.4 Å². The van der Waals surface area contributed by atoms with Crippen LogP contribution in [0.15, 0.2) is 30.3 Å². The van der Waals surface area contributed by atoms with Crippen LogP contribution in [0.25, 0.3) is 0 Å². The molecule has 1 fully saturated rings. The molecular weight excluding hydrogens is 230 g/mol. The third-order valence-corrected chi connectivity index (χ3v) is 3.05.